The number of rotatable bonds is 7. The molecule has 0 saturated carbocycles. The third-order valence-corrected chi connectivity index (χ3v) is 3.42. The van der Waals surface area contributed by atoms with E-state index < -0.39 is 11.9 Å². The summed E-state index contributed by atoms with van der Waals surface area (Å²) in [5, 5.41) is 17.7. The highest BCUT2D eigenvalue weighted by Gasteiger charge is 2.17. The lowest BCUT2D eigenvalue weighted by atomic mass is 10.00. The van der Waals surface area contributed by atoms with Gasteiger partial charge in [-0.3, -0.25) is 0 Å². The average Bonchev–Trinajstić information content (AvgIpc) is 2.86. The Labute approximate surface area is 124 Å². The van der Waals surface area contributed by atoms with Crippen LogP contribution >= 0.6 is 0 Å². The largest absolute Gasteiger partial charge is 0.425 e. The smallest absolute Gasteiger partial charge is 0.219 e. The van der Waals surface area contributed by atoms with E-state index >= 15 is 0 Å². The van der Waals surface area contributed by atoms with E-state index in [4.69, 9.17) is 4.42 Å². The molecule has 1 heterocycles. The van der Waals surface area contributed by atoms with Crippen LogP contribution in [0.5, 0.6) is 0 Å². The quantitative estimate of drug-likeness (QED) is 0.793. The molecule has 0 bridgehead atoms. The highest BCUT2D eigenvalue weighted by Crippen LogP contribution is 2.23. The maximum atomic E-state index is 13.9. The van der Waals surface area contributed by atoms with E-state index in [1.165, 1.54) is 6.07 Å². The summed E-state index contributed by atoms with van der Waals surface area (Å²) >= 11 is 0. The van der Waals surface area contributed by atoms with Crippen molar-refractivity contribution in [2.75, 3.05) is 0 Å². The first-order valence-electron chi connectivity index (χ1n) is 7.35. The summed E-state index contributed by atoms with van der Waals surface area (Å²) in [6.45, 7) is 3.82. The molecule has 5 heteroatoms. The van der Waals surface area contributed by atoms with Crippen molar-refractivity contribution in [2.24, 2.45) is 0 Å². The van der Waals surface area contributed by atoms with Crippen LogP contribution in [-0.2, 0) is 12.8 Å². The Hall–Kier alpha value is -1.75. The molecule has 0 fully saturated rings. The lowest BCUT2D eigenvalue weighted by Gasteiger charge is -2.12. The number of aryl methyl sites for hydroxylation is 2. The Balaban J connectivity index is 2.08. The SMILES string of the molecule is CCCCCc1ccc(F)c(C(O)Cc2nnc(C)o2)c1. The molecule has 0 spiro atoms. The normalized spacial score (nSPS) is 12.6. The molecule has 1 unspecified atom stereocenters. The molecular weight excluding hydrogens is 271 g/mol. The van der Waals surface area contributed by atoms with Crippen molar-refractivity contribution in [1.29, 1.82) is 0 Å². The standard InChI is InChI=1S/C16H21FN2O2/c1-3-4-5-6-12-7-8-14(17)13(9-12)15(20)10-16-19-18-11(2)21-16/h7-9,15,20H,3-6,10H2,1-2H3. The third-order valence-electron chi connectivity index (χ3n) is 3.42. The van der Waals surface area contributed by atoms with Gasteiger partial charge < -0.3 is 9.52 Å². The van der Waals surface area contributed by atoms with Gasteiger partial charge in [0.1, 0.15) is 5.82 Å². The predicted octanol–water partition coefficient (Wildman–Crippen LogP) is 3.53. The molecule has 21 heavy (non-hydrogen) atoms. The Morgan fingerprint density at radius 2 is 2.10 bits per heavy atom. The number of halogens is 1. The van der Waals surface area contributed by atoms with E-state index in [0.717, 1.165) is 31.2 Å². The van der Waals surface area contributed by atoms with Crippen LogP contribution in [0.2, 0.25) is 0 Å². The monoisotopic (exact) mass is 292 g/mol. The van der Waals surface area contributed by atoms with Crippen LogP contribution in [0.4, 0.5) is 4.39 Å². The molecule has 1 N–H and O–H groups in total. The number of aliphatic hydroxyl groups is 1. The average molecular weight is 292 g/mol. The van der Waals surface area contributed by atoms with Gasteiger partial charge in [0.2, 0.25) is 11.8 Å². The van der Waals surface area contributed by atoms with Crippen molar-refractivity contribution in [3.63, 3.8) is 0 Å². The molecule has 114 valence electrons. The van der Waals surface area contributed by atoms with Crippen LogP contribution in [0.15, 0.2) is 22.6 Å². The van der Waals surface area contributed by atoms with Gasteiger partial charge in [0, 0.05) is 12.5 Å². The van der Waals surface area contributed by atoms with Gasteiger partial charge in [-0.05, 0) is 24.5 Å². The molecule has 1 aromatic heterocycles. The van der Waals surface area contributed by atoms with Crippen LogP contribution < -0.4 is 0 Å². The minimum Gasteiger partial charge on any atom is -0.425 e. The first kappa shape index (κ1) is 15.6. The van der Waals surface area contributed by atoms with Gasteiger partial charge in [-0.2, -0.15) is 0 Å². The van der Waals surface area contributed by atoms with Crippen LogP contribution in [-0.4, -0.2) is 15.3 Å². The summed E-state index contributed by atoms with van der Waals surface area (Å²) in [5.74, 6) is 0.347. The van der Waals surface area contributed by atoms with Gasteiger partial charge in [-0.15, -0.1) is 10.2 Å². The second-order valence-electron chi connectivity index (χ2n) is 5.25. The number of hydrogen-bond donors (Lipinski definition) is 1. The molecule has 0 aliphatic carbocycles. The van der Waals surface area contributed by atoms with Crippen molar-refractivity contribution in [1.82, 2.24) is 10.2 Å². The van der Waals surface area contributed by atoms with Crippen molar-refractivity contribution in [2.45, 2.75) is 52.1 Å². The van der Waals surface area contributed by atoms with E-state index in [1.807, 2.05) is 0 Å². The highest BCUT2D eigenvalue weighted by molar-refractivity contribution is 5.27. The van der Waals surface area contributed by atoms with Crippen molar-refractivity contribution >= 4 is 0 Å². The van der Waals surface area contributed by atoms with E-state index in [-0.39, 0.29) is 6.42 Å². The minimum absolute atomic E-state index is 0.121. The van der Waals surface area contributed by atoms with Gasteiger partial charge in [0.15, 0.2) is 0 Å². The third kappa shape index (κ3) is 4.36. The van der Waals surface area contributed by atoms with Crippen LogP contribution in [0.1, 0.15) is 55.2 Å². The number of benzene rings is 1. The van der Waals surface area contributed by atoms with Gasteiger partial charge in [0.25, 0.3) is 0 Å². The van der Waals surface area contributed by atoms with Crippen LogP contribution in [0, 0.1) is 12.7 Å². The topological polar surface area (TPSA) is 59.2 Å². The van der Waals surface area contributed by atoms with Gasteiger partial charge in [0.05, 0.1) is 12.5 Å². The molecule has 0 amide bonds. The molecular formula is C16H21FN2O2. The van der Waals surface area contributed by atoms with Crippen LogP contribution in [0.25, 0.3) is 0 Å². The molecule has 2 aromatic rings. The summed E-state index contributed by atoms with van der Waals surface area (Å²) in [6, 6.07) is 4.93. The fraction of sp³-hybridized carbons (Fsp3) is 0.500. The molecule has 2 rings (SSSR count). The number of nitrogens with zero attached hydrogens (tertiary/aromatic N) is 2. The van der Waals surface area contributed by atoms with Gasteiger partial charge in [-0.25, -0.2) is 4.39 Å². The molecule has 0 aliphatic heterocycles. The molecule has 0 radical (unpaired) electrons. The fourth-order valence-corrected chi connectivity index (χ4v) is 2.28. The van der Waals surface area contributed by atoms with E-state index in [2.05, 4.69) is 17.1 Å². The molecule has 1 atom stereocenters. The zero-order valence-corrected chi connectivity index (χ0v) is 12.5. The second kappa shape index (κ2) is 7.31. The number of aromatic nitrogens is 2. The maximum Gasteiger partial charge on any atom is 0.219 e. The van der Waals surface area contributed by atoms with E-state index in [9.17, 15) is 9.50 Å². The van der Waals surface area contributed by atoms with E-state index in [0.29, 0.717) is 17.3 Å². The maximum absolute atomic E-state index is 13.9. The molecule has 0 aliphatic rings. The minimum atomic E-state index is -0.976. The highest BCUT2D eigenvalue weighted by atomic mass is 19.1. The summed E-state index contributed by atoms with van der Waals surface area (Å²) in [7, 11) is 0. The number of aliphatic hydroxyl groups excluding tert-OH is 1. The first-order valence-corrected chi connectivity index (χ1v) is 7.35. The van der Waals surface area contributed by atoms with Gasteiger partial charge in [-0.1, -0.05) is 31.9 Å². The molecule has 1 aromatic carbocycles. The fourth-order valence-electron chi connectivity index (χ4n) is 2.28. The Bertz CT molecular complexity index is 583. The predicted molar refractivity (Wildman–Crippen MR) is 77.3 cm³/mol. The number of unbranched alkanes of at least 4 members (excludes halogenated alkanes) is 2. The molecule has 0 saturated heterocycles. The zero-order valence-electron chi connectivity index (χ0n) is 12.5. The Morgan fingerprint density at radius 3 is 2.76 bits per heavy atom. The van der Waals surface area contributed by atoms with Crippen molar-refractivity contribution in [3.8, 4) is 0 Å². The lowest BCUT2D eigenvalue weighted by molar-refractivity contribution is 0.163. The summed E-state index contributed by atoms with van der Waals surface area (Å²) in [4.78, 5) is 0. The second-order valence-corrected chi connectivity index (χ2v) is 5.25. The lowest BCUT2D eigenvalue weighted by Crippen LogP contribution is -2.06. The van der Waals surface area contributed by atoms with Gasteiger partial charge >= 0.3 is 0 Å². The first-order chi connectivity index (χ1) is 10.1. The Kier molecular flexibility index (Phi) is 5.44. The summed E-state index contributed by atoms with van der Waals surface area (Å²) in [5.41, 5.74) is 1.33. The van der Waals surface area contributed by atoms with Crippen molar-refractivity contribution in [3.05, 3.63) is 46.9 Å². The summed E-state index contributed by atoms with van der Waals surface area (Å²) in [6.07, 6.45) is 3.41. The Morgan fingerprint density at radius 1 is 1.29 bits per heavy atom. The number of hydrogen-bond acceptors (Lipinski definition) is 4. The summed E-state index contributed by atoms with van der Waals surface area (Å²) < 4.78 is 19.1. The zero-order chi connectivity index (χ0) is 15.2. The molecule has 4 nitrogen and oxygen atoms in total. The van der Waals surface area contributed by atoms with E-state index in [1.54, 1.807) is 19.1 Å². The van der Waals surface area contributed by atoms with Crippen LogP contribution in [0.3, 0.4) is 0 Å². The van der Waals surface area contributed by atoms with Crippen molar-refractivity contribution < 1.29 is 13.9 Å².